The summed E-state index contributed by atoms with van der Waals surface area (Å²) in [6.07, 6.45) is 15.1. The Hall–Kier alpha value is -0.960. The predicted molar refractivity (Wildman–Crippen MR) is 74.3 cm³/mol. The number of aromatic nitrogens is 2. The van der Waals surface area contributed by atoms with Gasteiger partial charge in [-0.1, -0.05) is 6.42 Å². The maximum atomic E-state index is 4.13. The van der Waals surface area contributed by atoms with Crippen LogP contribution in [0.15, 0.2) is 18.5 Å². The van der Waals surface area contributed by atoms with Gasteiger partial charge in [0.15, 0.2) is 5.69 Å². The van der Waals surface area contributed by atoms with Crippen molar-refractivity contribution in [3.05, 3.63) is 18.5 Å². The molecule has 3 heteroatoms. The van der Waals surface area contributed by atoms with Crippen molar-refractivity contribution in [3.8, 4) is 0 Å². The third-order valence-corrected chi connectivity index (χ3v) is 4.97. The van der Waals surface area contributed by atoms with Crippen LogP contribution < -0.4 is 4.48 Å². The Morgan fingerprint density at radius 3 is 2.28 bits per heavy atom. The van der Waals surface area contributed by atoms with E-state index in [1.165, 1.54) is 74.6 Å². The van der Waals surface area contributed by atoms with E-state index in [-0.39, 0.29) is 0 Å². The van der Waals surface area contributed by atoms with E-state index >= 15 is 0 Å². The molecule has 0 amide bonds. The molecule has 98 valence electrons. The highest BCUT2D eigenvalue weighted by Gasteiger charge is 2.40. The molecule has 1 aliphatic carbocycles. The first-order valence-electron chi connectivity index (χ1n) is 7.56. The average molecular weight is 246 g/mol. The lowest BCUT2D eigenvalue weighted by molar-refractivity contribution is 0.133. The highest BCUT2D eigenvalue weighted by atomic mass is 15.4. The third kappa shape index (κ3) is 2.16. The van der Waals surface area contributed by atoms with Gasteiger partial charge in [-0.05, 0) is 44.9 Å². The first-order valence-corrected chi connectivity index (χ1v) is 7.56. The Bertz CT molecular complexity index is 365. The zero-order valence-electron chi connectivity index (χ0n) is 11.2. The van der Waals surface area contributed by atoms with Crippen LogP contribution >= 0.6 is 0 Å². The maximum Gasteiger partial charge on any atom is 0.155 e. The summed E-state index contributed by atoms with van der Waals surface area (Å²) >= 11 is 0. The molecule has 0 radical (unpaired) electrons. The van der Waals surface area contributed by atoms with Crippen LogP contribution in [-0.4, -0.2) is 29.3 Å². The minimum Gasteiger partial charge on any atom is -0.287 e. The van der Waals surface area contributed by atoms with Gasteiger partial charge in [0.05, 0.1) is 25.3 Å². The molecule has 1 saturated heterocycles. The van der Waals surface area contributed by atoms with Crippen molar-refractivity contribution in [2.24, 2.45) is 0 Å². The fraction of sp³-hybridized carbons (Fsp3) is 0.733. The zero-order valence-corrected chi connectivity index (χ0v) is 11.2. The van der Waals surface area contributed by atoms with Crippen molar-refractivity contribution >= 4 is 5.69 Å². The Kier molecular flexibility index (Phi) is 3.59. The summed E-state index contributed by atoms with van der Waals surface area (Å²) in [6, 6.07) is 3.04. The van der Waals surface area contributed by atoms with Crippen LogP contribution in [0.3, 0.4) is 0 Å². The van der Waals surface area contributed by atoms with Crippen LogP contribution in [0, 0.1) is 0 Å². The Labute approximate surface area is 110 Å². The molecule has 2 heterocycles. The van der Waals surface area contributed by atoms with E-state index < -0.39 is 0 Å². The number of nitrogens with zero attached hydrogens (tertiary/aromatic N) is 3. The van der Waals surface area contributed by atoms with Crippen molar-refractivity contribution < 1.29 is 0 Å². The third-order valence-electron chi connectivity index (χ3n) is 4.97. The van der Waals surface area contributed by atoms with E-state index in [2.05, 4.69) is 16.3 Å². The first kappa shape index (κ1) is 12.1. The Morgan fingerprint density at radius 2 is 1.61 bits per heavy atom. The molecule has 0 aromatic carbocycles. The van der Waals surface area contributed by atoms with Gasteiger partial charge in [0, 0.05) is 6.07 Å². The van der Waals surface area contributed by atoms with Crippen LogP contribution in [0.5, 0.6) is 0 Å². The molecule has 1 aliphatic heterocycles. The SMILES string of the molecule is c1cc([N+]2(C3CCCCC3)CCCCC2)cnn1. The van der Waals surface area contributed by atoms with Crippen molar-refractivity contribution in [2.75, 3.05) is 13.1 Å². The molecule has 0 spiro atoms. The Balaban J connectivity index is 1.92. The molecule has 1 saturated carbocycles. The van der Waals surface area contributed by atoms with Gasteiger partial charge in [0.2, 0.25) is 0 Å². The average Bonchev–Trinajstić information content (AvgIpc) is 2.50. The van der Waals surface area contributed by atoms with Crippen molar-refractivity contribution in [1.29, 1.82) is 0 Å². The molecular weight excluding hydrogens is 222 g/mol. The van der Waals surface area contributed by atoms with Crippen molar-refractivity contribution in [3.63, 3.8) is 0 Å². The van der Waals surface area contributed by atoms with Gasteiger partial charge < -0.3 is 0 Å². The summed E-state index contributed by atoms with van der Waals surface area (Å²) in [5.41, 5.74) is 1.41. The highest BCUT2D eigenvalue weighted by Crippen LogP contribution is 2.36. The largest absolute Gasteiger partial charge is 0.287 e. The zero-order chi connectivity index (χ0) is 12.3. The van der Waals surface area contributed by atoms with Crippen LogP contribution in [0.25, 0.3) is 0 Å². The van der Waals surface area contributed by atoms with Crippen LogP contribution in [0.2, 0.25) is 0 Å². The molecule has 1 aromatic heterocycles. The lowest BCUT2D eigenvalue weighted by Crippen LogP contribution is -2.60. The fourth-order valence-corrected chi connectivity index (χ4v) is 4.03. The molecule has 0 N–H and O–H groups in total. The number of piperidine rings is 1. The number of quaternary nitrogens is 1. The van der Waals surface area contributed by atoms with Crippen LogP contribution in [0.4, 0.5) is 5.69 Å². The van der Waals surface area contributed by atoms with E-state index in [4.69, 9.17) is 0 Å². The maximum absolute atomic E-state index is 4.13. The number of likely N-dealkylation sites (tertiary alicyclic amines) is 1. The summed E-state index contributed by atoms with van der Waals surface area (Å²) in [5.74, 6) is 0. The molecule has 3 nitrogen and oxygen atoms in total. The molecule has 0 unspecified atom stereocenters. The smallest absolute Gasteiger partial charge is 0.155 e. The van der Waals surface area contributed by atoms with E-state index in [0.717, 1.165) is 6.04 Å². The van der Waals surface area contributed by atoms with Gasteiger partial charge in [0.1, 0.15) is 6.20 Å². The van der Waals surface area contributed by atoms with Crippen LogP contribution in [-0.2, 0) is 0 Å². The Morgan fingerprint density at radius 1 is 0.889 bits per heavy atom. The number of rotatable bonds is 2. The second-order valence-corrected chi connectivity index (χ2v) is 5.93. The molecule has 0 bridgehead atoms. The second-order valence-electron chi connectivity index (χ2n) is 5.93. The van der Waals surface area contributed by atoms with Gasteiger partial charge >= 0.3 is 0 Å². The molecule has 18 heavy (non-hydrogen) atoms. The van der Waals surface area contributed by atoms with E-state index in [1.54, 1.807) is 0 Å². The topological polar surface area (TPSA) is 25.8 Å². The monoisotopic (exact) mass is 246 g/mol. The molecule has 2 fully saturated rings. The van der Waals surface area contributed by atoms with E-state index in [9.17, 15) is 0 Å². The number of hydrogen-bond donors (Lipinski definition) is 0. The first-order chi connectivity index (χ1) is 8.92. The van der Waals surface area contributed by atoms with E-state index in [1.807, 2.05) is 12.4 Å². The lowest BCUT2D eigenvalue weighted by atomic mass is 9.89. The summed E-state index contributed by atoms with van der Waals surface area (Å²) in [6.45, 7) is 2.63. The fourth-order valence-electron chi connectivity index (χ4n) is 4.03. The van der Waals surface area contributed by atoms with Gasteiger partial charge in [-0.25, -0.2) is 0 Å². The summed E-state index contributed by atoms with van der Waals surface area (Å²) in [7, 11) is 0. The highest BCUT2D eigenvalue weighted by molar-refractivity contribution is 5.40. The second kappa shape index (κ2) is 5.35. The normalized spacial score (nSPS) is 24.9. The molecule has 0 atom stereocenters. The molecule has 1 aromatic rings. The van der Waals surface area contributed by atoms with E-state index in [0.29, 0.717) is 0 Å². The standard InChI is InChI=1S/C15H24N3/c1-3-7-14(8-4-1)18(11-5-2-6-12-18)15-9-10-16-17-13-15/h9-10,13-14H,1-8,11-12H2/q+1. The van der Waals surface area contributed by atoms with Gasteiger partial charge in [-0.2, -0.15) is 10.2 Å². The number of hydrogen-bond acceptors (Lipinski definition) is 2. The minimum atomic E-state index is 0.836. The van der Waals surface area contributed by atoms with Gasteiger partial charge in [-0.15, -0.1) is 0 Å². The summed E-state index contributed by atoms with van der Waals surface area (Å²) < 4.78 is 1.20. The van der Waals surface area contributed by atoms with Crippen LogP contribution in [0.1, 0.15) is 51.4 Å². The van der Waals surface area contributed by atoms with Crippen molar-refractivity contribution in [2.45, 2.75) is 57.4 Å². The quantitative estimate of drug-likeness (QED) is 0.748. The van der Waals surface area contributed by atoms with Gasteiger partial charge in [-0.3, -0.25) is 4.48 Å². The molecule has 3 rings (SSSR count). The molecular formula is C15H24N3+. The van der Waals surface area contributed by atoms with Crippen molar-refractivity contribution in [1.82, 2.24) is 14.7 Å². The molecule has 2 aliphatic rings. The summed E-state index contributed by atoms with van der Waals surface area (Å²) in [4.78, 5) is 0. The minimum absolute atomic E-state index is 0.836. The summed E-state index contributed by atoms with van der Waals surface area (Å²) in [5, 5.41) is 8.09. The van der Waals surface area contributed by atoms with Gasteiger partial charge in [0.25, 0.3) is 0 Å². The lowest BCUT2D eigenvalue weighted by Gasteiger charge is -2.48. The predicted octanol–water partition coefficient (Wildman–Crippen LogP) is 3.30.